The van der Waals surface area contributed by atoms with Crippen LogP contribution in [0.4, 0.5) is 14.5 Å². The van der Waals surface area contributed by atoms with E-state index in [0.717, 1.165) is 11.0 Å². The molecule has 0 fully saturated rings. The average molecular weight is 347 g/mol. The maximum absolute atomic E-state index is 14.3. The molecule has 0 bridgehead atoms. The van der Waals surface area contributed by atoms with Crippen molar-refractivity contribution in [2.45, 2.75) is 18.9 Å². The number of fused-ring (bicyclic) bond motifs is 1. The van der Waals surface area contributed by atoms with Crippen LogP contribution in [0.3, 0.4) is 0 Å². The number of ether oxygens (including phenoxy) is 1. The van der Waals surface area contributed by atoms with Crippen LogP contribution < -0.4 is 9.64 Å². The standard InChI is InChI=1S/C18H15F2NO4/c1-25-13-5-2-11(3-6-13)10-21-15-8-12(9-16(22)23)4-7-14(15)18(19,20)17(21)24/h2-8H,9-10H2,1H3,(H,22,23). The summed E-state index contributed by atoms with van der Waals surface area (Å²) in [5, 5.41) is 8.88. The lowest BCUT2D eigenvalue weighted by Gasteiger charge is -2.18. The maximum atomic E-state index is 14.3. The SMILES string of the molecule is COc1ccc(CN2C(=O)C(F)(F)c3ccc(CC(=O)O)cc32)cc1. The summed E-state index contributed by atoms with van der Waals surface area (Å²) in [5.74, 6) is -5.39. The van der Waals surface area contributed by atoms with Crippen molar-refractivity contribution < 1.29 is 28.2 Å². The Labute approximate surface area is 142 Å². The third kappa shape index (κ3) is 3.05. The van der Waals surface area contributed by atoms with E-state index in [4.69, 9.17) is 9.84 Å². The molecule has 25 heavy (non-hydrogen) atoms. The highest BCUT2D eigenvalue weighted by atomic mass is 19.3. The van der Waals surface area contributed by atoms with E-state index in [1.165, 1.54) is 19.2 Å². The van der Waals surface area contributed by atoms with E-state index in [9.17, 15) is 18.4 Å². The number of anilines is 1. The number of aliphatic carboxylic acids is 1. The number of carboxylic acid groups (broad SMARTS) is 1. The molecule has 0 saturated carbocycles. The van der Waals surface area contributed by atoms with Crippen LogP contribution in [-0.4, -0.2) is 24.1 Å². The number of rotatable bonds is 5. The van der Waals surface area contributed by atoms with Crippen LogP contribution in [-0.2, 0) is 28.5 Å². The molecule has 2 aromatic rings. The normalized spacial score (nSPS) is 15.2. The monoisotopic (exact) mass is 347 g/mol. The summed E-state index contributed by atoms with van der Waals surface area (Å²) >= 11 is 0. The number of hydrogen-bond acceptors (Lipinski definition) is 3. The van der Waals surface area contributed by atoms with Crippen molar-refractivity contribution in [3.05, 3.63) is 59.2 Å². The van der Waals surface area contributed by atoms with Crippen molar-refractivity contribution in [2.75, 3.05) is 12.0 Å². The number of hydrogen-bond donors (Lipinski definition) is 1. The second kappa shape index (κ2) is 6.16. The first-order valence-electron chi connectivity index (χ1n) is 7.51. The highest BCUT2D eigenvalue weighted by Crippen LogP contribution is 2.45. The molecule has 0 aromatic heterocycles. The van der Waals surface area contributed by atoms with Gasteiger partial charge in [0.05, 0.1) is 31.3 Å². The number of alkyl halides is 2. The molecule has 7 heteroatoms. The fraction of sp³-hybridized carbons (Fsp3) is 0.222. The van der Waals surface area contributed by atoms with Crippen LogP contribution in [0.5, 0.6) is 5.75 Å². The van der Waals surface area contributed by atoms with Crippen LogP contribution in [0, 0.1) is 0 Å². The van der Waals surface area contributed by atoms with Crippen molar-refractivity contribution in [1.82, 2.24) is 0 Å². The van der Waals surface area contributed by atoms with Gasteiger partial charge in [0.2, 0.25) is 0 Å². The second-order valence-electron chi connectivity index (χ2n) is 5.74. The van der Waals surface area contributed by atoms with Crippen LogP contribution >= 0.6 is 0 Å². The van der Waals surface area contributed by atoms with Crippen LogP contribution in [0.1, 0.15) is 16.7 Å². The zero-order valence-corrected chi connectivity index (χ0v) is 13.3. The highest BCUT2D eigenvalue weighted by molar-refractivity contribution is 6.05. The molecular formula is C18H15F2NO4. The molecule has 0 unspecified atom stereocenters. The summed E-state index contributed by atoms with van der Waals surface area (Å²) in [6, 6.07) is 10.5. The third-order valence-electron chi connectivity index (χ3n) is 4.06. The topological polar surface area (TPSA) is 66.8 Å². The summed E-state index contributed by atoms with van der Waals surface area (Å²) in [6.45, 7) is -0.0397. The molecule has 1 aliphatic rings. The summed E-state index contributed by atoms with van der Waals surface area (Å²) in [4.78, 5) is 24.0. The van der Waals surface area contributed by atoms with Gasteiger partial charge < -0.3 is 14.7 Å². The van der Waals surface area contributed by atoms with E-state index in [0.29, 0.717) is 16.9 Å². The molecule has 2 aromatic carbocycles. The predicted molar refractivity (Wildman–Crippen MR) is 85.9 cm³/mol. The van der Waals surface area contributed by atoms with Gasteiger partial charge in [0.25, 0.3) is 0 Å². The molecule has 1 amide bonds. The van der Waals surface area contributed by atoms with E-state index in [1.54, 1.807) is 24.3 Å². The molecular weight excluding hydrogens is 332 g/mol. The fourth-order valence-electron chi connectivity index (χ4n) is 2.82. The molecule has 1 N–H and O–H groups in total. The Morgan fingerprint density at radius 3 is 2.40 bits per heavy atom. The lowest BCUT2D eigenvalue weighted by Crippen LogP contribution is -2.34. The van der Waals surface area contributed by atoms with Gasteiger partial charge in [-0.3, -0.25) is 9.59 Å². The number of amides is 1. The summed E-state index contributed by atoms with van der Waals surface area (Å²) in [5.41, 5.74) is 0.655. The van der Waals surface area contributed by atoms with E-state index in [2.05, 4.69) is 0 Å². The largest absolute Gasteiger partial charge is 0.497 e. The Bertz CT molecular complexity index is 833. The number of methoxy groups -OCH3 is 1. The number of nitrogens with zero attached hydrogens (tertiary/aromatic N) is 1. The van der Waals surface area contributed by atoms with Crippen molar-refractivity contribution in [1.29, 1.82) is 0 Å². The van der Waals surface area contributed by atoms with Gasteiger partial charge in [-0.15, -0.1) is 0 Å². The molecule has 0 aliphatic carbocycles. The van der Waals surface area contributed by atoms with Gasteiger partial charge in [-0.1, -0.05) is 24.3 Å². The first-order valence-corrected chi connectivity index (χ1v) is 7.51. The smallest absolute Gasteiger partial charge is 0.352 e. The summed E-state index contributed by atoms with van der Waals surface area (Å²) in [6.07, 6.45) is -0.302. The van der Waals surface area contributed by atoms with Crippen LogP contribution in [0.15, 0.2) is 42.5 Å². The highest BCUT2D eigenvalue weighted by Gasteiger charge is 2.52. The number of halogens is 2. The fourth-order valence-corrected chi connectivity index (χ4v) is 2.82. The molecule has 0 saturated heterocycles. The Morgan fingerprint density at radius 1 is 1.16 bits per heavy atom. The number of carboxylic acids is 1. The van der Waals surface area contributed by atoms with Gasteiger partial charge in [0, 0.05) is 0 Å². The molecule has 0 spiro atoms. The minimum Gasteiger partial charge on any atom is -0.497 e. The van der Waals surface area contributed by atoms with Gasteiger partial charge >= 0.3 is 17.8 Å². The van der Waals surface area contributed by atoms with E-state index >= 15 is 0 Å². The molecule has 3 rings (SSSR count). The van der Waals surface area contributed by atoms with Gasteiger partial charge in [-0.05, 0) is 29.3 Å². The van der Waals surface area contributed by atoms with E-state index in [-0.39, 0.29) is 18.7 Å². The summed E-state index contributed by atoms with van der Waals surface area (Å²) in [7, 11) is 1.51. The lowest BCUT2D eigenvalue weighted by atomic mass is 10.0. The van der Waals surface area contributed by atoms with Gasteiger partial charge in [-0.2, -0.15) is 8.78 Å². The third-order valence-corrected chi connectivity index (χ3v) is 4.06. The van der Waals surface area contributed by atoms with Crippen molar-refractivity contribution in [2.24, 2.45) is 0 Å². The number of carbonyl (C=O) groups is 2. The minimum atomic E-state index is -3.62. The maximum Gasteiger partial charge on any atom is 0.352 e. The van der Waals surface area contributed by atoms with Crippen molar-refractivity contribution in [3.63, 3.8) is 0 Å². The molecule has 0 radical (unpaired) electrons. The number of carbonyl (C=O) groups excluding carboxylic acids is 1. The summed E-state index contributed by atoms with van der Waals surface area (Å²) < 4.78 is 33.6. The second-order valence-corrected chi connectivity index (χ2v) is 5.74. The minimum absolute atomic E-state index is 0.0397. The van der Waals surface area contributed by atoms with E-state index in [1.807, 2.05) is 0 Å². The van der Waals surface area contributed by atoms with Crippen molar-refractivity contribution >= 4 is 17.6 Å². The van der Waals surface area contributed by atoms with Gasteiger partial charge in [0.1, 0.15) is 5.75 Å². The first kappa shape index (κ1) is 16.9. The lowest BCUT2D eigenvalue weighted by molar-refractivity contribution is -0.141. The predicted octanol–water partition coefficient (Wildman–Crippen LogP) is 2.96. The van der Waals surface area contributed by atoms with Crippen LogP contribution in [0.25, 0.3) is 0 Å². The zero-order chi connectivity index (χ0) is 18.2. The van der Waals surface area contributed by atoms with Crippen molar-refractivity contribution in [3.8, 4) is 5.75 Å². The molecule has 1 aliphatic heterocycles. The quantitative estimate of drug-likeness (QED) is 0.903. The zero-order valence-electron chi connectivity index (χ0n) is 13.3. The Kier molecular flexibility index (Phi) is 4.16. The Balaban J connectivity index is 1.96. The molecule has 0 atom stereocenters. The van der Waals surface area contributed by atoms with Gasteiger partial charge in [0.15, 0.2) is 0 Å². The Hall–Kier alpha value is -2.96. The van der Waals surface area contributed by atoms with Crippen LogP contribution in [0.2, 0.25) is 0 Å². The molecule has 5 nitrogen and oxygen atoms in total. The van der Waals surface area contributed by atoms with Gasteiger partial charge in [-0.25, -0.2) is 0 Å². The molecule has 130 valence electrons. The number of benzene rings is 2. The average Bonchev–Trinajstić information content (AvgIpc) is 2.76. The Morgan fingerprint density at radius 2 is 1.80 bits per heavy atom. The first-order chi connectivity index (χ1) is 11.8. The molecule has 1 heterocycles. The van der Waals surface area contributed by atoms with E-state index < -0.39 is 23.4 Å².